The molecule has 88 valence electrons. The SMILES string of the molecule is CCCNC1CC(C)c2c(OC)cccc21. The first kappa shape index (κ1) is 11.5. The first-order valence-corrected chi connectivity index (χ1v) is 6.18. The summed E-state index contributed by atoms with van der Waals surface area (Å²) in [5, 5.41) is 3.61. The van der Waals surface area contributed by atoms with Crippen molar-refractivity contribution in [2.45, 2.75) is 38.6 Å². The van der Waals surface area contributed by atoms with Crippen molar-refractivity contribution in [1.29, 1.82) is 0 Å². The van der Waals surface area contributed by atoms with E-state index in [1.807, 2.05) is 0 Å². The van der Waals surface area contributed by atoms with Gasteiger partial charge in [0, 0.05) is 11.6 Å². The molecule has 1 aliphatic rings. The third kappa shape index (κ3) is 1.94. The molecular weight excluding hydrogens is 198 g/mol. The highest BCUT2D eigenvalue weighted by Crippen LogP contribution is 2.44. The molecule has 0 saturated carbocycles. The van der Waals surface area contributed by atoms with Gasteiger partial charge in [-0.15, -0.1) is 0 Å². The van der Waals surface area contributed by atoms with E-state index in [0.717, 1.165) is 12.3 Å². The molecule has 0 saturated heterocycles. The Bertz CT molecular complexity index is 362. The number of nitrogens with one attached hydrogen (secondary N) is 1. The fraction of sp³-hybridized carbons (Fsp3) is 0.571. The second-order valence-electron chi connectivity index (χ2n) is 4.61. The van der Waals surface area contributed by atoms with E-state index in [9.17, 15) is 0 Å². The molecule has 0 aliphatic heterocycles. The second-order valence-corrected chi connectivity index (χ2v) is 4.61. The van der Waals surface area contributed by atoms with Crippen molar-refractivity contribution in [2.24, 2.45) is 0 Å². The number of hydrogen-bond donors (Lipinski definition) is 1. The Labute approximate surface area is 98.0 Å². The van der Waals surface area contributed by atoms with E-state index >= 15 is 0 Å². The molecule has 2 unspecified atom stereocenters. The van der Waals surface area contributed by atoms with Crippen LogP contribution in [0, 0.1) is 0 Å². The Morgan fingerprint density at radius 1 is 1.44 bits per heavy atom. The van der Waals surface area contributed by atoms with Gasteiger partial charge >= 0.3 is 0 Å². The maximum absolute atomic E-state index is 5.45. The van der Waals surface area contributed by atoms with Crippen molar-refractivity contribution in [1.82, 2.24) is 5.32 Å². The van der Waals surface area contributed by atoms with Gasteiger partial charge in [0.25, 0.3) is 0 Å². The maximum atomic E-state index is 5.45. The molecule has 0 fully saturated rings. The molecule has 2 heteroatoms. The van der Waals surface area contributed by atoms with Crippen LogP contribution >= 0.6 is 0 Å². The lowest BCUT2D eigenvalue weighted by molar-refractivity contribution is 0.407. The van der Waals surface area contributed by atoms with Crippen molar-refractivity contribution >= 4 is 0 Å². The van der Waals surface area contributed by atoms with Crippen LogP contribution in [0.2, 0.25) is 0 Å². The third-order valence-corrected chi connectivity index (χ3v) is 3.42. The van der Waals surface area contributed by atoms with Crippen molar-refractivity contribution < 1.29 is 4.74 Å². The quantitative estimate of drug-likeness (QED) is 0.839. The minimum atomic E-state index is 0.514. The van der Waals surface area contributed by atoms with Gasteiger partial charge in [-0.3, -0.25) is 0 Å². The van der Waals surface area contributed by atoms with Crippen LogP contribution in [0.1, 0.15) is 49.8 Å². The summed E-state index contributed by atoms with van der Waals surface area (Å²) in [7, 11) is 1.76. The fourth-order valence-corrected chi connectivity index (χ4v) is 2.68. The molecule has 2 atom stereocenters. The molecule has 1 aliphatic carbocycles. The van der Waals surface area contributed by atoms with Gasteiger partial charge in [-0.2, -0.15) is 0 Å². The number of hydrogen-bond acceptors (Lipinski definition) is 2. The summed E-state index contributed by atoms with van der Waals surface area (Å²) in [5.41, 5.74) is 2.83. The Kier molecular flexibility index (Phi) is 3.49. The van der Waals surface area contributed by atoms with E-state index in [4.69, 9.17) is 4.74 Å². The van der Waals surface area contributed by atoms with Crippen LogP contribution in [0.15, 0.2) is 18.2 Å². The van der Waals surface area contributed by atoms with Crippen molar-refractivity contribution in [3.05, 3.63) is 29.3 Å². The van der Waals surface area contributed by atoms with Gasteiger partial charge in [-0.05, 0) is 36.9 Å². The number of fused-ring (bicyclic) bond motifs is 1. The summed E-state index contributed by atoms with van der Waals surface area (Å²) in [6.07, 6.45) is 2.37. The Hall–Kier alpha value is -1.02. The molecule has 16 heavy (non-hydrogen) atoms. The predicted molar refractivity (Wildman–Crippen MR) is 67.1 cm³/mol. The molecule has 0 spiro atoms. The zero-order valence-electron chi connectivity index (χ0n) is 10.4. The van der Waals surface area contributed by atoms with E-state index < -0.39 is 0 Å². The largest absolute Gasteiger partial charge is 0.496 e. The summed E-state index contributed by atoms with van der Waals surface area (Å²) in [6, 6.07) is 6.91. The number of benzene rings is 1. The Morgan fingerprint density at radius 3 is 2.94 bits per heavy atom. The second kappa shape index (κ2) is 4.88. The van der Waals surface area contributed by atoms with Gasteiger partial charge in [0.1, 0.15) is 5.75 Å². The van der Waals surface area contributed by atoms with E-state index in [1.165, 1.54) is 24.0 Å². The zero-order valence-corrected chi connectivity index (χ0v) is 10.4. The smallest absolute Gasteiger partial charge is 0.122 e. The predicted octanol–water partition coefficient (Wildman–Crippen LogP) is 3.24. The summed E-state index contributed by atoms with van der Waals surface area (Å²) in [4.78, 5) is 0. The van der Waals surface area contributed by atoms with E-state index in [-0.39, 0.29) is 0 Å². The fourth-order valence-electron chi connectivity index (χ4n) is 2.68. The summed E-state index contributed by atoms with van der Waals surface area (Å²) in [6.45, 7) is 5.58. The van der Waals surface area contributed by atoms with Gasteiger partial charge < -0.3 is 10.1 Å². The minimum absolute atomic E-state index is 0.514. The number of rotatable bonds is 4. The van der Waals surface area contributed by atoms with Crippen molar-refractivity contribution in [2.75, 3.05) is 13.7 Å². The van der Waals surface area contributed by atoms with Crippen LogP contribution in [0.25, 0.3) is 0 Å². The monoisotopic (exact) mass is 219 g/mol. The lowest BCUT2D eigenvalue weighted by Crippen LogP contribution is -2.19. The Morgan fingerprint density at radius 2 is 2.25 bits per heavy atom. The molecule has 0 amide bonds. The third-order valence-electron chi connectivity index (χ3n) is 3.42. The highest BCUT2D eigenvalue weighted by Gasteiger charge is 2.30. The molecule has 2 rings (SSSR count). The zero-order chi connectivity index (χ0) is 11.5. The molecular formula is C14H21NO. The molecule has 0 heterocycles. The summed E-state index contributed by atoms with van der Waals surface area (Å²) < 4.78 is 5.45. The summed E-state index contributed by atoms with van der Waals surface area (Å²) in [5.74, 6) is 1.64. The van der Waals surface area contributed by atoms with Crippen LogP contribution in [-0.2, 0) is 0 Å². The maximum Gasteiger partial charge on any atom is 0.122 e. The van der Waals surface area contributed by atoms with Gasteiger partial charge in [-0.1, -0.05) is 26.0 Å². The van der Waals surface area contributed by atoms with E-state index in [1.54, 1.807) is 7.11 Å². The molecule has 1 aromatic carbocycles. The molecule has 0 radical (unpaired) electrons. The lowest BCUT2D eigenvalue weighted by atomic mass is 10.0. The van der Waals surface area contributed by atoms with Gasteiger partial charge in [0.2, 0.25) is 0 Å². The minimum Gasteiger partial charge on any atom is -0.496 e. The Balaban J connectivity index is 2.28. The standard InChI is InChI=1S/C14H21NO/c1-4-8-15-12-9-10(2)14-11(12)6-5-7-13(14)16-3/h5-7,10,12,15H,4,8-9H2,1-3H3. The number of ether oxygens (including phenoxy) is 1. The summed E-state index contributed by atoms with van der Waals surface area (Å²) >= 11 is 0. The van der Waals surface area contributed by atoms with E-state index in [0.29, 0.717) is 12.0 Å². The first-order valence-electron chi connectivity index (χ1n) is 6.18. The molecule has 2 nitrogen and oxygen atoms in total. The lowest BCUT2D eigenvalue weighted by Gasteiger charge is -2.13. The van der Waals surface area contributed by atoms with Gasteiger partial charge in [0.15, 0.2) is 0 Å². The van der Waals surface area contributed by atoms with E-state index in [2.05, 4.69) is 37.4 Å². The van der Waals surface area contributed by atoms with Crippen LogP contribution in [-0.4, -0.2) is 13.7 Å². The van der Waals surface area contributed by atoms with Crippen molar-refractivity contribution in [3.8, 4) is 5.75 Å². The highest BCUT2D eigenvalue weighted by atomic mass is 16.5. The molecule has 0 aromatic heterocycles. The van der Waals surface area contributed by atoms with Gasteiger partial charge in [0.05, 0.1) is 7.11 Å². The van der Waals surface area contributed by atoms with Crippen LogP contribution in [0.4, 0.5) is 0 Å². The first-order chi connectivity index (χ1) is 7.77. The van der Waals surface area contributed by atoms with Crippen molar-refractivity contribution in [3.63, 3.8) is 0 Å². The molecule has 1 aromatic rings. The topological polar surface area (TPSA) is 21.3 Å². The average molecular weight is 219 g/mol. The normalized spacial score (nSPS) is 23.2. The van der Waals surface area contributed by atoms with Crippen LogP contribution in [0.3, 0.4) is 0 Å². The van der Waals surface area contributed by atoms with Crippen LogP contribution in [0.5, 0.6) is 5.75 Å². The average Bonchev–Trinajstić information content (AvgIpc) is 2.64. The number of methoxy groups -OCH3 is 1. The molecule has 1 N–H and O–H groups in total. The van der Waals surface area contributed by atoms with Crippen LogP contribution < -0.4 is 10.1 Å². The highest BCUT2D eigenvalue weighted by molar-refractivity contribution is 5.47. The molecule has 0 bridgehead atoms. The van der Waals surface area contributed by atoms with Gasteiger partial charge in [-0.25, -0.2) is 0 Å².